The van der Waals surface area contributed by atoms with Crippen molar-refractivity contribution in [3.63, 3.8) is 0 Å². The molecular formula is C22H19FN2O2. The fourth-order valence-electron chi connectivity index (χ4n) is 3.49. The molecule has 2 aromatic rings. The zero-order valence-electron chi connectivity index (χ0n) is 15.1. The van der Waals surface area contributed by atoms with E-state index < -0.39 is 0 Å². The van der Waals surface area contributed by atoms with Crippen molar-refractivity contribution >= 4 is 17.6 Å². The smallest absolute Gasteiger partial charge is 0.146 e. The van der Waals surface area contributed by atoms with Crippen LogP contribution in [0, 0.1) is 5.82 Å². The summed E-state index contributed by atoms with van der Waals surface area (Å²) in [6, 6.07) is 11.9. The van der Waals surface area contributed by atoms with Crippen LogP contribution in [-0.4, -0.2) is 43.6 Å². The molecule has 0 bridgehead atoms. The van der Waals surface area contributed by atoms with Crippen LogP contribution in [0.2, 0.25) is 0 Å². The third kappa shape index (κ3) is 3.05. The summed E-state index contributed by atoms with van der Waals surface area (Å²) in [6.07, 6.45) is 4.86. The minimum atomic E-state index is -0.298. The molecule has 0 fully saturated rings. The minimum Gasteiger partial charge on any atom is -0.497 e. The summed E-state index contributed by atoms with van der Waals surface area (Å²) in [5.41, 5.74) is 5.60. The van der Waals surface area contributed by atoms with E-state index in [9.17, 15) is 9.18 Å². The Bertz CT molecular complexity index is 990. The van der Waals surface area contributed by atoms with E-state index in [4.69, 9.17) is 9.73 Å². The molecule has 2 aliphatic heterocycles. The molecule has 0 spiro atoms. The lowest BCUT2D eigenvalue weighted by Crippen LogP contribution is -2.30. The maximum Gasteiger partial charge on any atom is 0.146 e. The number of carbonyl (C=O) groups excluding carboxylic acids is 1. The lowest BCUT2D eigenvalue weighted by Gasteiger charge is -2.27. The molecule has 136 valence electrons. The molecule has 27 heavy (non-hydrogen) atoms. The number of fused-ring (bicyclic) bond motifs is 3. The fourth-order valence-corrected chi connectivity index (χ4v) is 3.49. The summed E-state index contributed by atoms with van der Waals surface area (Å²) in [4.78, 5) is 18.1. The van der Waals surface area contributed by atoms with Gasteiger partial charge in [0.05, 0.1) is 19.4 Å². The largest absolute Gasteiger partial charge is 0.497 e. The molecule has 0 aromatic heterocycles. The van der Waals surface area contributed by atoms with Crippen molar-refractivity contribution < 1.29 is 13.9 Å². The standard InChI is InChI=1S/C22H19FN2O2/c1-25-12-21-15(9-17(25)13-26)11-24-22(14-3-5-16(23)6-4-14)20-10-18(27-2)7-8-19(20)21/h3-10,12-13,17H,11H2,1-2H3. The van der Waals surface area contributed by atoms with Gasteiger partial charge in [-0.2, -0.15) is 0 Å². The number of rotatable bonds is 3. The molecule has 0 N–H and O–H groups in total. The lowest BCUT2D eigenvalue weighted by atomic mass is 9.89. The van der Waals surface area contributed by atoms with Crippen LogP contribution in [0.3, 0.4) is 0 Å². The molecular weight excluding hydrogens is 343 g/mol. The molecule has 2 aliphatic rings. The third-order valence-corrected chi connectivity index (χ3v) is 4.96. The number of methoxy groups -OCH3 is 1. The first-order valence-electron chi connectivity index (χ1n) is 8.70. The quantitative estimate of drug-likeness (QED) is 0.785. The number of ether oxygens (including phenoxy) is 1. The van der Waals surface area contributed by atoms with E-state index in [1.807, 2.05) is 42.4 Å². The maximum atomic E-state index is 13.4. The molecule has 1 atom stereocenters. The van der Waals surface area contributed by atoms with Crippen LogP contribution in [0.1, 0.15) is 16.7 Å². The summed E-state index contributed by atoms with van der Waals surface area (Å²) in [7, 11) is 3.51. The van der Waals surface area contributed by atoms with Crippen molar-refractivity contribution in [3.05, 3.63) is 82.8 Å². The van der Waals surface area contributed by atoms with Crippen molar-refractivity contribution in [1.29, 1.82) is 0 Å². The van der Waals surface area contributed by atoms with Gasteiger partial charge in [0.1, 0.15) is 23.9 Å². The molecule has 0 aliphatic carbocycles. The van der Waals surface area contributed by atoms with E-state index in [0.29, 0.717) is 6.54 Å². The van der Waals surface area contributed by atoms with Crippen LogP contribution in [0.15, 0.2) is 65.3 Å². The summed E-state index contributed by atoms with van der Waals surface area (Å²) in [5, 5.41) is 0. The van der Waals surface area contributed by atoms with E-state index >= 15 is 0 Å². The Labute approximate surface area is 157 Å². The number of aldehydes is 1. The summed E-state index contributed by atoms with van der Waals surface area (Å²) in [5.74, 6) is 0.444. The number of hydrogen-bond acceptors (Lipinski definition) is 4. The van der Waals surface area contributed by atoms with Gasteiger partial charge in [-0.25, -0.2) is 4.39 Å². The molecule has 0 saturated heterocycles. The number of halogens is 1. The van der Waals surface area contributed by atoms with Crippen LogP contribution >= 0.6 is 0 Å². The second kappa shape index (κ2) is 6.83. The van der Waals surface area contributed by atoms with Gasteiger partial charge in [-0.15, -0.1) is 0 Å². The van der Waals surface area contributed by atoms with Crippen LogP contribution in [0.5, 0.6) is 5.75 Å². The van der Waals surface area contributed by atoms with Crippen LogP contribution < -0.4 is 4.74 Å². The fraction of sp³-hybridized carbons (Fsp3) is 0.182. The first-order chi connectivity index (χ1) is 13.1. The van der Waals surface area contributed by atoms with Gasteiger partial charge in [0, 0.05) is 29.9 Å². The molecule has 0 saturated carbocycles. The number of benzene rings is 2. The minimum absolute atomic E-state index is 0.284. The SMILES string of the molecule is COc1ccc2c(c1)C(c1ccc(F)cc1)=NCC1=CC(C=O)N(C)C=C12. The highest BCUT2D eigenvalue weighted by molar-refractivity contribution is 6.17. The molecule has 1 unspecified atom stereocenters. The zero-order valence-corrected chi connectivity index (χ0v) is 15.1. The Morgan fingerprint density at radius 1 is 1.19 bits per heavy atom. The van der Waals surface area contributed by atoms with Crippen molar-refractivity contribution in [3.8, 4) is 5.75 Å². The first kappa shape index (κ1) is 17.2. The summed E-state index contributed by atoms with van der Waals surface area (Å²) < 4.78 is 18.8. The van der Waals surface area contributed by atoms with E-state index in [1.165, 1.54) is 12.1 Å². The van der Waals surface area contributed by atoms with Crippen LogP contribution in [0.25, 0.3) is 5.57 Å². The predicted octanol–water partition coefficient (Wildman–Crippen LogP) is 3.47. The monoisotopic (exact) mass is 362 g/mol. The highest BCUT2D eigenvalue weighted by atomic mass is 19.1. The second-order valence-electron chi connectivity index (χ2n) is 6.61. The Balaban J connectivity index is 1.93. The molecule has 2 heterocycles. The average molecular weight is 362 g/mol. The molecule has 4 nitrogen and oxygen atoms in total. The Morgan fingerprint density at radius 2 is 1.96 bits per heavy atom. The molecule has 4 rings (SSSR count). The molecule has 0 radical (unpaired) electrons. The van der Waals surface area contributed by atoms with Gasteiger partial charge in [0.25, 0.3) is 0 Å². The topological polar surface area (TPSA) is 41.9 Å². The molecule has 0 amide bonds. The number of aliphatic imine (C=N–C) groups is 1. The highest BCUT2D eigenvalue weighted by Crippen LogP contribution is 2.36. The van der Waals surface area contributed by atoms with Crippen molar-refractivity contribution in [2.75, 3.05) is 20.7 Å². The van der Waals surface area contributed by atoms with Crippen molar-refractivity contribution in [2.45, 2.75) is 6.04 Å². The van der Waals surface area contributed by atoms with E-state index in [1.54, 1.807) is 19.2 Å². The Kier molecular flexibility index (Phi) is 4.36. The van der Waals surface area contributed by atoms with Crippen LogP contribution in [0.4, 0.5) is 4.39 Å². The number of nitrogens with zero attached hydrogens (tertiary/aromatic N) is 2. The van der Waals surface area contributed by atoms with Gasteiger partial charge in [0.15, 0.2) is 0 Å². The lowest BCUT2D eigenvalue weighted by molar-refractivity contribution is -0.110. The summed E-state index contributed by atoms with van der Waals surface area (Å²) in [6.45, 7) is 0.452. The van der Waals surface area contributed by atoms with E-state index in [0.717, 1.165) is 45.6 Å². The van der Waals surface area contributed by atoms with Crippen molar-refractivity contribution in [2.24, 2.45) is 4.99 Å². The van der Waals surface area contributed by atoms with Gasteiger partial charge in [-0.3, -0.25) is 4.99 Å². The maximum absolute atomic E-state index is 13.4. The van der Waals surface area contributed by atoms with E-state index in [-0.39, 0.29) is 11.9 Å². The van der Waals surface area contributed by atoms with Gasteiger partial charge in [-0.05, 0) is 59.7 Å². The predicted molar refractivity (Wildman–Crippen MR) is 104 cm³/mol. The van der Waals surface area contributed by atoms with Gasteiger partial charge < -0.3 is 14.4 Å². The summed E-state index contributed by atoms with van der Waals surface area (Å²) >= 11 is 0. The Hall–Kier alpha value is -3.21. The number of likely N-dealkylation sites (N-methyl/N-ethyl adjacent to an activating group) is 1. The molecule has 2 aromatic carbocycles. The average Bonchev–Trinajstić information content (AvgIpc) is 2.84. The Morgan fingerprint density at radius 3 is 2.67 bits per heavy atom. The van der Waals surface area contributed by atoms with Crippen LogP contribution in [-0.2, 0) is 4.79 Å². The van der Waals surface area contributed by atoms with Gasteiger partial charge in [0.2, 0.25) is 0 Å². The molecule has 5 heteroatoms. The number of carbonyl (C=O) groups is 1. The van der Waals surface area contributed by atoms with E-state index in [2.05, 4.69) is 0 Å². The van der Waals surface area contributed by atoms with Gasteiger partial charge in [-0.1, -0.05) is 0 Å². The second-order valence-corrected chi connectivity index (χ2v) is 6.61. The number of hydrogen-bond donors (Lipinski definition) is 0. The zero-order chi connectivity index (χ0) is 19.0. The normalized spacial score (nSPS) is 18.4. The van der Waals surface area contributed by atoms with Crippen molar-refractivity contribution in [1.82, 2.24) is 4.90 Å². The third-order valence-electron chi connectivity index (χ3n) is 4.96. The van der Waals surface area contributed by atoms with Gasteiger partial charge >= 0.3 is 0 Å². The first-order valence-corrected chi connectivity index (χ1v) is 8.70. The highest BCUT2D eigenvalue weighted by Gasteiger charge is 2.26.